The van der Waals surface area contributed by atoms with Crippen LogP contribution < -0.4 is 0 Å². The number of hydrogen-bond donors (Lipinski definition) is 1. The molecule has 0 unspecified atom stereocenters. The van der Waals surface area contributed by atoms with Gasteiger partial charge in [0.2, 0.25) is 11.5 Å². The van der Waals surface area contributed by atoms with Crippen LogP contribution in [0.15, 0.2) is 5.16 Å². The zero-order valence-corrected chi connectivity index (χ0v) is 8.28. The molecule has 1 N–H and O–H groups in total. The standard InChI is InChI=1S/C7H10ClNO5/c1-12-9-5(6(10)11)7(4-8)13-2-3-14-7/h2-4H2,1H3,(H,10,11). The fourth-order valence-corrected chi connectivity index (χ4v) is 1.38. The molecule has 0 aromatic rings. The first kappa shape index (κ1) is 11.2. The summed E-state index contributed by atoms with van der Waals surface area (Å²) in [5, 5.41) is 12.2. The third kappa shape index (κ3) is 1.97. The molecule has 0 atom stereocenters. The van der Waals surface area contributed by atoms with Crippen molar-refractivity contribution >= 4 is 23.3 Å². The van der Waals surface area contributed by atoms with Gasteiger partial charge in [0.25, 0.3) is 0 Å². The maximum Gasteiger partial charge on any atom is 0.359 e. The van der Waals surface area contributed by atoms with Gasteiger partial charge < -0.3 is 19.4 Å². The van der Waals surface area contributed by atoms with E-state index in [4.69, 9.17) is 26.2 Å². The van der Waals surface area contributed by atoms with E-state index < -0.39 is 11.8 Å². The first-order chi connectivity index (χ1) is 6.66. The van der Waals surface area contributed by atoms with Crippen LogP contribution in [-0.2, 0) is 19.1 Å². The maximum absolute atomic E-state index is 10.8. The minimum Gasteiger partial charge on any atom is -0.477 e. The Hall–Kier alpha value is -0.850. The molecule has 1 aliphatic rings. The van der Waals surface area contributed by atoms with Crippen molar-refractivity contribution < 1.29 is 24.2 Å². The minimum absolute atomic E-state index is 0.151. The molecule has 0 aromatic heterocycles. The van der Waals surface area contributed by atoms with Crippen molar-refractivity contribution in [3.8, 4) is 0 Å². The highest BCUT2D eigenvalue weighted by molar-refractivity contribution is 6.40. The Morgan fingerprint density at radius 3 is 2.57 bits per heavy atom. The summed E-state index contributed by atoms with van der Waals surface area (Å²) < 4.78 is 10.2. The quantitative estimate of drug-likeness (QED) is 0.414. The van der Waals surface area contributed by atoms with E-state index in [0.29, 0.717) is 0 Å². The predicted octanol–water partition coefficient (Wildman–Crippen LogP) is 0.0553. The molecule has 1 rings (SSSR count). The predicted molar refractivity (Wildman–Crippen MR) is 47.4 cm³/mol. The lowest BCUT2D eigenvalue weighted by molar-refractivity contribution is -0.135. The molecular formula is C7H10ClNO5. The molecule has 1 aliphatic heterocycles. The first-order valence-electron chi connectivity index (χ1n) is 3.85. The molecule has 0 spiro atoms. The fraction of sp³-hybridized carbons (Fsp3) is 0.714. The number of carboxylic acids is 1. The number of alkyl halides is 1. The Morgan fingerprint density at radius 2 is 2.21 bits per heavy atom. The van der Waals surface area contributed by atoms with Crippen LogP contribution in [0.5, 0.6) is 0 Å². The van der Waals surface area contributed by atoms with E-state index in [1.807, 2.05) is 0 Å². The van der Waals surface area contributed by atoms with Crippen molar-refractivity contribution in [3.05, 3.63) is 0 Å². The van der Waals surface area contributed by atoms with Crippen molar-refractivity contribution in [2.45, 2.75) is 5.79 Å². The topological polar surface area (TPSA) is 77.4 Å². The van der Waals surface area contributed by atoms with Crippen LogP contribution in [0.1, 0.15) is 0 Å². The van der Waals surface area contributed by atoms with Gasteiger partial charge in [-0.25, -0.2) is 4.79 Å². The Kier molecular flexibility index (Phi) is 3.68. The molecule has 6 nitrogen and oxygen atoms in total. The van der Waals surface area contributed by atoms with Gasteiger partial charge >= 0.3 is 5.97 Å². The highest BCUT2D eigenvalue weighted by Gasteiger charge is 2.46. The van der Waals surface area contributed by atoms with Crippen LogP contribution in [0.4, 0.5) is 0 Å². The van der Waals surface area contributed by atoms with Crippen LogP contribution >= 0.6 is 11.6 Å². The maximum atomic E-state index is 10.8. The molecule has 0 aliphatic carbocycles. The third-order valence-corrected chi connectivity index (χ3v) is 2.03. The van der Waals surface area contributed by atoms with Crippen LogP contribution in [0.25, 0.3) is 0 Å². The van der Waals surface area contributed by atoms with Gasteiger partial charge in [-0.1, -0.05) is 5.16 Å². The van der Waals surface area contributed by atoms with E-state index in [1.54, 1.807) is 0 Å². The summed E-state index contributed by atoms with van der Waals surface area (Å²) in [6.45, 7) is 0.561. The average Bonchev–Trinajstić information content (AvgIpc) is 2.63. The Labute approximate surface area is 85.4 Å². The summed E-state index contributed by atoms with van der Waals surface area (Å²) in [6.07, 6.45) is 0. The molecule has 0 radical (unpaired) electrons. The lowest BCUT2D eigenvalue weighted by Gasteiger charge is -2.22. The van der Waals surface area contributed by atoms with Gasteiger partial charge in [0.1, 0.15) is 7.11 Å². The molecule has 1 saturated heterocycles. The molecule has 80 valence electrons. The van der Waals surface area contributed by atoms with Gasteiger partial charge in [-0.05, 0) is 0 Å². The molecule has 7 heteroatoms. The molecule has 0 amide bonds. The lowest BCUT2D eigenvalue weighted by Crippen LogP contribution is -2.46. The minimum atomic E-state index is -1.48. The van der Waals surface area contributed by atoms with E-state index in [-0.39, 0.29) is 24.8 Å². The van der Waals surface area contributed by atoms with Crippen LogP contribution in [0, 0.1) is 0 Å². The SMILES string of the molecule is CON=C(C(=O)O)C1(CCl)OCCO1. The summed E-state index contributed by atoms with van der Waals surface area (Å²) in [5.74, 6) is -2.92. The summed E-state index contributed by atoms with van der Waals surface area (Å²) >= 11 is 5.59. The van der Waals surface area contributed by atoms with Crippen LogP contribution in [0.3, 0.4) is 0 Å². The molecule has 1 heterocycles. The summed E-state index contributed by atoms with van der Waals surface area (Å²) in [6, 6.07) is 0. The van der Waals surface area contributed by atoms with Gasteiger partial charge in [-0.3, -0.25) is 0 Å². The number of halogens is 1. The van der Waals surface area contributed by atoms with Crippen molar-refractivity contribution in [2.24, 2.45) is 5.16 Å². The second-order valence-corrected chi connectivity index (χ2v) is 2.78. The van der Waals surface area contributed by atoms with Crippen molar-refractivity contribution in [2.75, 3.05) is 26.2 Å². The van der Waals surface area contributed by atoms with E-state index in [9.17, 15) is 4.79 Å². The number of aliphatic carboxylic acids is 1. The molecular weight excluding hydrogens is 214 g/mol. The van der Waals surface area contributed by atoms with Crippen molar-refractivity contribution in [1.82, 2.24) is 0 Å². The Morgan fingerprint density at radius 1 is 1.64 bits per heavy atom. The first-order valence-corrected chi connectivity index (χ1v) is 4.38. The number of ether oxygens (including phenoxy) is 2. The van der Waals surface area contributed by atoms with E-state index >= 15 is 0 Å². The largest absolute Gasteiger partial charge is 0.477 e. The van der Waals surface area contributed by atoms with Crippen molar-refractivity contribution in [3.63, 3.8) is 0 Å². The number of carbonyl (C=O) groups is 1. The van der Waals surface area contributed by atoms with Crippen LogP contribution in [0.2, 0.25) is 0 Å². The fourth-order valence-electron chi connectivity index (χ4n) is 1.09. The van der Waals surface area contributed by atoms with Crippen LogP contribution in [-0.4, -0.2) is 48.8 Å². The van der Waals surface area contributed by atoms with Gasteiger partial charge in [-0.2, -0.15) is 0 Å². The van der Waals surface area contributed by atoms with Gasteiger partial charge in [0.15, 0.2) is 0 Å². The Balaban J connectivity index is 2.94. The molecule has 14 heavy (non-hydrogen) atoms. The lowest BCUT2D eigenvalue weighted by atomic mass is 10.2. The number of rotatable bonds is 4. The zero-order valence-electron chi connectivity index (χ0n) is 7.53. The smallest absolute Gasteiger partial charge is 0.359 e. The van der Waals surface area contributed by atoms with E-state index in [1.165, 1.54) is 7.11 Å². The number of hydrogen-bond acceptors (Lipinski definition) is 5. The van der Waals surface area contributed by atoms with Gasteiger partial charge in [-0.15, -0.1) is 11.6 Å². The summed E-state index contributed by atoms with van der Waals surface area (Å²) in [7, 11) is 1.24. The molecule has 0 aromatic carbocycles. The number of oxime groups is 1. The second kappa shape index (κ2) is 4.59. The molecule has 0 saturated carbocycles. The third-order valence-electron chi connectivity index (χ3n) is 1.68. The Bertz CT molecular complexity index is 248. The van der Waals surface area contributed by atoms with Crippen molar-refractivity contribution in [1.29, 1.82) is 0 Å². The normalized spacial score (nSPS) is 20.9. The van der Waals surface area contributed by atoms with E-state index in [0.717, 1.165) is 0 Å². The number of carboxylic acid groups (broad SMARTS) is 1. The highest BCUT2D eigenvalue weighted by atomic mass is 35.5. The average molecular weight is 224 g/mol. The zero-order chi connectivity index (χ0) is 10.6. The summed E-state index contributed by atoms with van der Waals surface area (Å²) in [5.41, 5.74) is -0.382. The summed E-state index contributed by atoms with van der Waals surface area (Å²) in [4.78, 5) is 15.2. The monoisotopic (exact) mass is 223 g/mol. The van der Waals surface area contributed by atoms with E-state index in [2.05, 4.69) is 9.99 Å². The number of nitrogens with zero attached hydrogens (tertiary/aromatic N) is 1. The van der Waals surface area contributed by atoms with Gasteiger partial charge in [0, 0.05) is 0 Å². The highest BCUT2D eigenvalue weighted by Crippen LogP contribution is 2.23. The molecule has 1 fully saturated rings. The second-order valence-electron chi connectivity index (χ2n) is 2.51. The van der Waals surface area contributed by atoms with Gasteiger partial charge in [0.05, 0.1) is 19.1 Å². The molecule has 0 bridgehead atoms.